The molecular formula is C18H16ClN3OS. The Hall–Kier alpha value is -2.24. The second kappa shape index (κ2) is 7.55. The van der Waals surface area contributed by atoms with Crippen molar-refractivity contribution in [3.05, 3.63) is 64.8 Å². The molecule has 1 aromatic heterocycles. The number of aromatic nitrogens is 1. The lowest BCUT2D eigenvalue weighted by Gasteiger charge is -2.01. The van der Waals surface area contributed by atoms with Crippen LogP contribution in [0.25, 0.3) is 10.9 Å². The number of aromatic amines is 1. The Labute approximate surface area is 149 Å². The second-order valence-electron chi connectivity index (χ2n) is 5.25. The summed E-state index contributed by atoms with van der Waals surface area (Å²) in [5.74, 6) is 0.148. The molecule has 0 fully saturated rings. The maximum absolute atomic E-state index is 11.9. The third-order valence-electron chi connectivity index (χ3n) is 3.51. The molecule has 6 heteroatoms. The van der Waals surface area contributed by atoms with Gasteiger partial charge in [-0.2, -0.15) is 5.10 Å². The number of rotatable bonds is 5. The zero-order valence-electron chi connectivity index (χ0n) is 13.0. The summed E-state index contributed by atoms with van der Waals surface area (Å²) < 4.78 is 0. The molecule has 0 bridgehead atoms. The topological polar surface area (TPSA) is 57.2 Å². The van der Waals surface area contributed by atoms with Crippen molar-refractivity contribution >= 4 is 46.4 Å². The van der Waals surface area contributed by atoms with Crippen LogP contribution in [-0.2, 0) is 4.79 Å². The number of hydrogen-bond donors (Lipinski definition) is 2. The minimum atomic E-state index is -0.149. The molecule has 3 aromatic rings. The third kappa shape index (κ3) is 3.99. The molecule has 0 saturated carbocycles. The van der Waals surface area contributed by atoms with Crippen LogP contribution in [0.3, 0.4) is 0 Å². The molecule has 0 spiro atoms. The van der Waals surface area contributed by atoms with E-state index in [1.54, 1.807) is 18.3 Å². The van der Waals surface area contributed by atoms with Gasteiger partial charge in [0.25, 0.3) is 0 Å². The van der Waals surface area contributed by atoms with Crippen molar-refractivity contribution in [3.63, 3.8) is 0 Å². The molecule has 0 aliphatic carbocycles. The maximum atomic E-state index is 11.9. The van der Waals surface area contributed by atoms with E-state index >= 15 is 0 Å². The molecule has 1 heterocycles. The Bertz CT molecular complexity index is 887. The van der Waals surface area contributed by atoms with Gasteiger partial charge in [0.05, 0.1) is 12.0 Å². The van der Waals surface area contributed by atoms with Crippen molar-refractivity contribution in [2.45, 2.75) is 11.8 Å². The number of carbonyl (C=O) groups is 1. The van der Waals surface area contributed by atoms with Crippen LogP contribution in [0.4, 0.5) is 0 Å². The van der Waals surface area contributed by atoms with Crippen LogP contribution in [0.2, 0.25) is 5.02 Å². The average molecular weight is 358 g/mol. The number of thioether (sulfide) groups is 1. The fourth-order valence-corrected chi connectivity index (χ4v) is 3.16. The molecule has 3 rings (SSSR count). The number of aryl methyl sites for hydroxylation is 1. The SMILES string of the molecule is Cc1[nH]c2ccccc2c1/C=N\NC(=O)CSc1ccc(Cl)cc1. The Morgan fingerprint density at radius 1 is 1.25 bits per heavy atom. The van der Waals surface area contributed by atoms with E-state index in [0.29, 0.717) is 10.8 Å². The zero-order valence-corrected chi connectivity index (χ0v) is 14.6. The van der Waals surface area contributed by atoms with Gasteiger partial charge in [-0.05, 0) is 37.3 Å². The number of H-pyrrole nitrogens is 1. The second-order valence-corrected chi connectivity index (χ2v) is 6.73. The first-order valence-electron chi connectivity index (χ1n) is 7.41. The molecule has 0 radical (unpaired) electrons. The van der Waals surface area contributed by atoms with Crippen LogP contribution >= 0.6 is 23.4 Å². The molecule has 24 heavy (non-hydrogen) atoms. The average Bonchev–Trinajstić information content (AvgIpc) is 2.90. The number of benzene rings is 2. The Kier molecular flexibility index (Phi) is 5.23. The highest BCUT2D eigenvalue weighted by Gasteiger charge is 2.06. The van der Waals surface area contributed by atoms with Gasteiger partial charge < -0.3 is 4.98 Å². The van der Waals surface area contributed by atoms with Gasteiger partial charge in [-0.3, -0.25) is 4.79 Å². The maximum Gasteiger partial charge on any atom is 0.250 e. The monoisotopic (exact) mass is 357 g/mol. The van der Waals surface area contributed by atoms with E-state index in [0.717, 1.165) is 27.1 Å². The summed E-state index contributed by atoms with van der Waals surface area (Å²) in [6.45, 7) is 1.99. The summed E-state index contributed by atoms with van der Waals surface area (Å²) in [7, 11) is 0. The lowest BCUT2D eigenvalue weighted by Crippen LogP contribution is -2.19. The number of fused-ring (bicyclic) bond motifs is 1. The van der Waals surface area contributed by atoms with Crippen molar-refractivity contribution in [1.82, 2.24) is 10.4 Å². The van der Waals surface area contributed by atoms with Crippen LogP contribution in [0.5, 0.6) is 0 Å². The minimum absolute atomic E-state index is 0.149. The highest BCUT2D eigenvalue weighted by Crippen LogP contribution is 2.21. The van der Waals surface area contributed by atoms with Gasteiger partial charge in [0.15, 0.2) is 0 Å². The van der Waals surface area contributed by atoms with Gasteiger partial charge in [-0.15, -0.1) is 11.8 Å². The van der Waals surface area contributed by atoms with Crippen molar-refractivity contribution in [2.75, 3.05) is 5.75 Å². The molecule has 122 valence electrons. The van der Waals surface area contributed by atoms with Crippen molar-refractivity contribution in [2.24, 2.45) is 5.10 Å². The van der Waals surface area contributed by atoms with Gasteiger partial charge in [0, 0.05) is 32.1 Å². The zero-order chi connectivity index (χ0) is 16.9. The number of halogens is 1. The number of para-hydroxylation sites is 1. The molecule has 0 aliphatic rings. The number of nitrogens with one attached hydrogen (secondary N) is 2. The normalized spacial score (nSPS) is 11.2. The smallest absolute Gasteiger partial charge is 0.250 e. The number of nitrogens with zero attached hydrogens (tertiary/aromatic N) is 1. The largest absolute Gasteiger partial charge is 0.358 e. The van der Waals surface area contributed by atoms with E-state index in [-0.39, 0.29) is 5.91 Å². The van der Waals surface area contributed by atoms with Crippen molar-refractivity contribution in [1.29, 1.82) is 0 Å². The van der Waals surface area contributed by atoms with Gasteiger partial charge in [-0.25, -0.2) is 5.43 Å². The first kappa shape index (κ1) is 16.6. The summed E-state index contributed by atoms with van der Waals surface area (Å²) in [6.07, 6.45) is 1.68. The van der Waals surface area contributed by atoms with Crippen molar-refractivity contribution < 1.29 is 4.79 Å². The fourth-order valence-electron chi connectivity index (χ4n) is 2.35. The fraction of sp³-hybridized carbons (Fsp3) is 0.111. The molecule has 2 N–H and O–H groups in total. The predicted molar refractivity (Wildman–Crippen MR) is 101 cm³/mol. The number of amides is 1. The minimum Gasteiger partial charge on any atom is -0.358 e. The molecule has 0 saturated heterocycles. The van der Waals surface area contributed by atoms with Gasteiger partial charge in [0.1, 0.15) is 0 Å². The summed E-state index contributed by atoms with van der Waals surface area (Å²) >= 11 is 7.28. The Morgan fingerprint density at radius 2 is 2.00 bits per heavy atom. The van der Waals surface area contributed by atoms with E-state index in [4.69, 9.17) is 11.6 Å². The Balaban J connectivity index is 1.58. The number of carbonyl (C=O) groups excluding carboxylic acids is 1. The lowest BCUT2D eigenvalue weighted by molar-refractivity contribution is -0.118. The van der Waals surface area contributed by atoms with E-state index in [9.17, 15) is 4.79 Å². The number of hydrazone groups is 1. The first-order chi connectivity index (χ1) is 11.6. The van der Waals surface area contributed by atoms with Gasteiger partial charge in [0.2, 0.25) is 5.91 Å². The van der Waals surface area contributed by atoms with Crippen molar-refractivity contribution in [3.8, 4) is 0 Å². The summed E-state index contributed by atoms with van der Waals surface area (Å²) in [5.41, 5.74) is 5.62. The quantitative estimate of drug-likeness (QED) is 0.404. The predicted octanol–water partition coefficient (Wildman–Crippen LogP) is 4.37. The summed E-state index contributed by atoms with van der Waals surface area (Å²) in [5, 5.41) is 5.84. The molecule has 0 atom stereocenters. The molecular weight excluding hydrogens is 342 g/mol. The molecule has 0 unspecified atom stereocenters. The number of hydrogen-bond acceptors (Lipinski definition) is 3. The standard InChI is InChI=1S/C18H16ClN3OS/c1-12-16(15-4-2-3-5-17(15)21-12)10-20-22-18(23)11-24-14-8-6-13(19)7-9-14/h2-10,21H,11H2,1H3,(H,22,23)/b20-10-. The van der Waals surface area contributed by atoms with Gasteiger partial charge >= 0.3 is 0 Å². The third-order valence-corrected chi connectivity index (χ3v) is 4.77. The van der Waals surface area contributed by atoms with E-state index in [1.807, 2.05) is 43.3 Å². The van der Waals surface area contributed by atoms with E-state index < -0.39 is 0 Å². The lowest BCUT2D eigenvalue weighted by atomic mass is 10.1. The van der Waals surface area contributed by atoms with Crippen LogP contribution in [0, 0.1) is 6.92 Å². The Morgan fingerprint density at radius 3 is 2.79 bits per heavy atom. The van der Waals surface area contributed by atoms with Gasteiger partial charge in [-0.1, -0.05) is 29.8 Å². The first-order valence-corrected chi connectivity index (χ1v) is 8.77. The summed E-state index contributed by atoms with van der Waals surface area (Å²) in [6, 6.07) is 15.4. The van der Waals surface area contributed by atoms with Crippen LogP contribution in [-0.4, -0.2) is 22.9 Å². The van der Waals surface area contributed by atoms with Crippen LogP contribution < -0.4 is 5.43 Å². The highest BCUT2D eigenvalue weighted by molar-refractivity contribution is 8.00. The highest BCUT2D eigenvalue weighted by atomic mass is 35.5. The molecule has 4 nitrogen and oxygen atoms in total. The van der Waals surface area contributed by atoms with Crippen LogP contribution in [0.15, 0.2) is 58.5 Å². The molecule has 2 aromatic carbocycles. The molecule has 1 amide bonds. The molecule has 0 aliphatic heterocycles. The van der Waals surface area contributed by atoms with Crippen LogP contribution in [0.1, 0.15) is 11.3 Å². The van der Waals surface area contributed by atoms with E-state index in [2.05, 4.69) is 15.5 Å². The van der Waals surface area contributed by atoms with E-state index in [1.165, 1.54) is 11.8 Å². The summed E-state index contributed by atoms with van der Waals surface area (Å²) in [4.78, 5) is 16.2.